The minimum absolute atomic E-state index is 0.217. The van der Waals surface area contributed by atoms with Crippen LogP contribution >= 0.6 is 27.6 Å². The van der Waals surface area contributed by atoms with E-state index < -0.39 is 0 Å². The second-order valence-electron chi connectivity index (χ2n) is 3.46. The predicted molar refractivity (Wildman–Crippen MR) is 77.8 cm³/mol. The lowest BCUT2D eigenvalue weighted by Gasteiger charge is -2.11. The van der Waals surface area contributed by atoms with Crippen LogP contribution in [0.25, 0.3) is 0 Å². The zero-order chi connectivity index (χ0) is 10.7. The minimum atomic E-state index is -0.217. The second-order valence-corrected chi connectivity index (χ2v) is 7.94. The summed E-state index contributed by atoms with van der Waals surface area (Å²) in [5.74, 6) is 0. The molecule has 0 radical (unpaired) electrons. The summed E-state index contributed by atoms with van der Waals surface area (Å²) < 4.78 is 0. The Balaban J connectivity index is 2.32. The Morgan fingerprint density at radius 2 is 1.53 bits per heavy atom. The maximum Gasteiger partial charge on any atom is 0.0215 e. The average molecular weight is 326 g/mol. The first-order chi connectivity index (χ1) is 7.27. The summed E-state index contributed by atoms with van der Waals surface area (Å²) in [7, 11) is 0. The van der Waals surface area contributed by atoms with Crippen LogP contribution in [0.4, 0.5) is 0 Å². The molecule has 2 aromatic rings. The number of aryl methyl sites for hydroxylation is 1. The Morgan fingerprint density at radius 3 is 2.20 bits per heavy atom. The van der Waals surface area contributed by atoms with Gasteiger partial charge in [-0.25, -0.2) is 0 Å². The average Bonchev–Trinajstić information content (AvgIpc) is 2.29. The third-order valence-electron chi connectivity index (χ3n) is 2.21. The van der Waals surface area contributed by atoms with Crippen LogP contribution in [0.15, 0.2) is 54.6 Å². The molecule has 2 rings (SSSR count). The molecule has 0 fully saturated rings. The molecule has 0 bridgehead atoms. The molecule has 2 heteroatoms. The summed E-state index contributed by atoms with van der Waals surface area (Å²) in [6, 6.07) is 19.5. The Morgan fingerprint density at radius 1 is 0.867 bits per heavy atom. The maximum atomic E-state index is 2.55. The molecule has 2 aromatic carbocycles. The Kier molecular flexibility index (Phi) is 3.76. The van der Waals surface area contributed by atoms with Crippen molar-refractivity contribution in [1.82, 2.24) is 0 Å². The van der Waals surface area contributed by atoms with Crippen molar-refractivity contribution in [2.75, 3.05) is 0 Å². The molecule has 0 N–H and O–H groups in total. The molecular formula is C13H12IP. The molecule has 0 spiro atoms. The van der Waals surface area contributed by atoms with E-state index >= 15 is 0 Å². The highest BCUT2D eigenvalue weighted by atomic mass is 127. The number of benzene rings is 2. The van der Waals surface area contributed by atoms with Crippen molar-refractivity contribution in [3.63, 3.8) is 0 Å². The molecule has 0 saturated heterocycles. The first-order valence-electron chi connectivity index (χ1n) is 4.85. The van der Waals surface area contributed by atoms with Crippen LogP contribution in [0.5, 0.6) is 0 Å². The lowest BCUT2D eigenvalue weighted by molar-refractivity contribution is 1.50. The van der Waals surface area contributed by atoms with Crippen molar-refractivity contribution in [3.05, 3.63) is 60.2 Å². The molecule has 15 heavy (non-hydrogen) atoms. The van der Waals surface area contributed by atoms with E-state index in [1.54, 1.807) is 0 Å². The Bertz CT molecular complexity index is 439. The van der Waals surface area contributed by atoms with Crippen LogP contribution in [0.3, 0.4) is 0 Å². The van der Waals surface area contributed by atoms with Gasteiger partial charge in [0.2, 0.25) is 0 Å². The highest BCUT2D eigenvalue weighted by Crippen LogP contribution is 2.42. The maximum absolute atomic E-state index is 2.55. The zero-order valence-electron chi connectivity index (χ0n) is 8.52. The summed E-state index contributed by atoms with van der Waals surface area (Å²) in [6.07, 6.45) is 0. The largest absolute Gasteiger partial charge is 0.0622 e. The minimum Gasteiger partial charge on any atom is -0.0622 e. The van der Waals surface area contributed by atoms with Crippen LogP contribution in [0.2, 0.25) is 0 Å². The summed E-state index contributed by atoms with van der Waals surface area (Å²) in [4.78, 5) is 0. The van der Waals surface area contributed by atoms with Crippen LogP contribution in [-0.2, 0) is 0 Å². The molecule has 0 heterocycles. The van der Waals surface area contributed by atoms with Gasteiger partial charge in [-0.1, -0.05) is 60.2 Å². The SMILES string of the molecule is Cc1cccc(P(I)c2ccccc2)c1. The predicted octanol–water partition coefficient (Wildman–Crippen LogP) is 3.78. The first kappa shape index (κ1) is 11.1. The quantitative estimate of drug-likeness (QED) is 0.582. The van der Waals surface area contributed by atoms with E-state index in [-0.39, 0.29) is 5.56 Å². The molecule has 0 saturated carbocycles. The number of hydrogen-bond acceptors (Lipinski definition) is 0. The van der Waals surface area contributed by atoms with Crippen LogP contribution in [0.1, 0.15) is 5.56 Å². The van der Waals surface area contributed by atoms with Crippen LogP contribution in [-0.4, -0.2) is 0 Å². The highest BCUT2D eigenvalue weighted by Gasteiger charge is 2.08. The van der Waals surface area contributed by atoms with E-state index in [9.17, 15) is 0 Å². The summed E-state index contributed by atoms with van der Waals surface area (Å²) in [6.45, 7) is 2.15. The molecule has 0 nitrogen and oxygen atoms in total. The number of hydrogen-bond donors (Lipinski definition) is 0. The van der Waals surface area contributed by atoms with Gasteiger partial charge in [0.25, 0.3) is 0 Å². The standard InChI is InChI=1S/C13H12IP/c1-11-6-5-9-13(10-11)15(14)12-7-3-2-4-8-12/h2-10H,1H3. The van der Waals surface area contributed by atoms with E-state index in [4.69, 9.17) is 0 Å². The van der Waals surface area contributed by atoms with E-state index in [1.807, 2.05) is 0 Å². The summed E-state index contributed by atoms with van der Waals surface area (Å²) in [5, 5.41) is 2.87. The van der Waals surface area contributed by atoms with Gasteiger partial charge in [-0.05, 0) is 39.6 Å². The van der Waals surface area contributed by atoms with Gasteiger partial charge in [-0.3, -0.25) is 0 Å². The van der Waals surface area contributed by atoms with Crippen molar-refractivity contribution in [2.45, 2.75) is 6.92 Å². The molecule has 0 aliphatic carbocycles. The van der Waals surface area contributed by atoms with Gasteiger partial charge in [0.15, 0.2) is 0 Å². The smallest absolute Gasteiger partial charge is 0.0215 e. The normalized spacial score (nSPS) is 12.4. The highest BCUT2D eigenvalue weighted by molar-refractivity contribution is 14.2. The molecule has 76 valence electrons. The second kappa shape index (κ2) is 5.09. The van der Waals surface area contributed by atoms with Crippen molar-refractivity contribution >= 4 is 38.2 Å². The van der Waals surface area contributed by atoms with Crippen molar-refractivity contribution in [3.8, 4) is 0 Å². The van der Waals surface area contributed by atoms with Gasteiger partial charge >= 0.3 is 0 Å². The third kappa shape index (κ3) is 2.79. The lowest BCUT2D eigenvalue weighted by atomic mass is 10.2. The summed E-state index contributed by atoms with van der Waals surface area (Å²) in [5.41, 5.74) is 1.12. The fraction of sp³-hybridized carbons (Fsp3) is 0.0769. The molecule has 0 aliphatic rings. The molecule has 0 aromatic heterocycles. The Labute approximate surface area is 105 Å². The molecule has 0 amide bonds. The zero-order valence-corrected chi connectivity index (χ0v) is 11.6. The van der Waals surface area contributed by atoms with Gasteiger partial charge in [-0.15, -0.1) is 0 Å². The molecule has 1 atom stereocenters. The van der Waals surface area contributed by atoms with Gasteiger partial charge < -0.3 is 0 Å². The molecule has 0 aliphatic heterocycles. The monoisotopic (exact) mass is 326 g/mol. The lowest BCUT2D eigenvalue weighted by Crippen LogP contribution is -2.07. The van der Waals surface area contributed by atoms with Gasteiger partial charge in [0, 0.05) is 5.56 Å². The van der Waals surface area contributed by atoms with E-state index in [2.05, 4.69) is 83.6 Å². The number of halogens is 1. The van der Waals surface area contributed by atoms with Crippen LogP contribution in [0, 0.1) is 6.92 Å². The summed E-state index contributed by atoms with van der Waals surface area (Å²) >= 11 is 2.55. The Hall–Kier alpha value is -0.400. The fourth-order valence-electron chi connectivity index (χ4n) is 1.46. The van der Waals surface area contributed by atoms with Gasteiger partial charge in [-0.2, -0.15) is 0 Å². The van der Waals surface area contributed by atoms with E-state index in [1.165, 1.54) is 16.2 Å². The van der Waals surface area contributed by atoms with Crippen molar-refractivity contribution in [1.29, 1.82) is 0 Å². The van der Waals surface area contributed by atoms with Gasteiger partial charge in [0.05, 0.1) is 0 Å². The topological polar surface area (TPSA) is 0 Å². The van der Waals surface area contributed by atoms with Crippen LogP contribution < -0.4 is 10.6 Å². The van der Waals surface area contributed by atoms with E-state index in [0.717, 1.165) is 0 Å². The number of rotatable bonds is 2. The molecule has 1 unspecified atom stereocenters. The van der Waals surface area contributed by atoms with Crippen molar-refractivity contribution < 1.29 is 0 Å². The third-order valence-corrected chi connectivity index (χ3v) is 7.04. The fourth-order valence-corrected chi connectivity index (χ4v) is 4.59. The van der Waals surface area contributed by atoms with E-state index in [0.29, 0.717) is 0 Å². The van der Waals surface area contributed by atoms with Gasteiger partial charge in [0.1, 0.15) is 0 Å². The van der Waals surface area contributed by atoms with Crippen molar-refractivity contribution in [2.24, 2.45) is 0 Å². The first-order valence-corrected chi connectivity index (χ1v) is 8.98. The molecular weight excluding hydrogens is 314 g/mol.